The van der Waals surface area contributed by atoms with Gasteiger partial charge in [0.25, 0.3) is 11.6 Å². The fraction of sp³-hybridized carbons (Fsp3) is 0.333. The lowest BCUT2D eigenvalue weighted by Crippen LogP contribution is -2.38. The van der Waals surface area contributed by atoms with E-state index in [2.05, 4.69) is 5.32 Å². The van der Waals surface area contributed by atoms with Crippen LogP contribution in [0, 0.1) is 10.1 Å². The van der Waals surface area contributed by atoms with Crippen LogP contribution >= 0.6 is 0 Å². The third kappa shape index (κ3) is 5.10. The van der Waals surface area contributed by atoms with Crippen LogP contribution in [0.5, 0.6) is 0 Å². The van der Waals surface area contributed by atoms with Crippen molar-refractivity contribution < 1.29 is 19.2 Å². The van der Waals surface area contributed by atoms with Crippen molar-refractivity contribution >= 4 is 23.3 Å². The van der Waals surface area contributed by atoms with E-state index in [1.54, 1.807) is 4.90 Å². The Labute approximate surface area is 168 Å². The number of carbonyl (C=O) groups is 2. The molecule has 2 aromatic rings. The van der Waals surface area contributed by atoms with Gasteiger partial charge in [0.1, 0.15) is 0 Å². The number of hydrogen-bond donors (Lipinski definition) is 1. The summed E-state index contributed by atoms with van der Waals surface area (Å²) in [5, 5.41) is 14.3. The molecule has 0 radical (unpaired) electrons. The van der Waals surface area contributed by atoms with Crippen LogP contribution in [0.4, 0.5) is 11.4 Å². The molecule has 152 valence electrons. The monoisotopic (exact) mass is 397 g/mol. The Morgan fingerprint density at radius 2 is 1.86 bits per heavy atom. The summed E-state index contributed by atoms with van der Waals surface area (Å²) in [4.78, 5) is 37.4. The molecular formula is C21H23N3O5. The number of rotatable bonds is 7. The van der Waals surface area contributed by atoms with Crippen LogP contribution in [0.15, 0.2) is 48.5 Å². The Balaban J connectivity index is 1.76. The Bertz CT molecular complexity index is 894. The molecule has 1 saturated heterocycles. The van der Waals surface area contributed by atoms with E-state index in [0.717, 1.165) is 18.4 Å². The number of nitro benzene ring substituents is 1. The molecule has 3 rings (SSSR count). The van der Waals surface area contributed by atoms with Crippen LogP contribution in [0.3, 0.4) is 0 Å². The zero-order chi connectivity index (χ0) is 20.8. The summed E-state index contributed by atoms with van der Waals surface area (Å²) in [5.41, 5.74) is 1.20. The van der Waals surface area contributed by atoms with Crippen molar-refractivity contribution in [1.29, 1.82) is 0 Å². The minimum atomic E-state index is -0.957. The summed E-state index contributed by atoms with van der Waals surface area (Å²) in [7, 11) is 0. The van der Waals surface area contributed by atoms with Gasteiger partial charge in [-0.15, -0.1) is 0 Å². The zero-order valence-electron chi connectivity index (χ0n) is 16.2. The first kappa shape index (κ1) is 20.3. The summed E-state index contributed by atoms with van der Waals surface area (Å²) < 4.78 is 5.35. The van der Waals surface area contributed by atoms with Gasteiger partial charge in [0.05, 0.1) is 10.5 Å². The van der Waals surface area contributed by atoms with Gasteiger partial charge in [0, 0.05) is 37.5 Å². The first-order chi connectivity index (χ1) is 14.0. The number of hydrogen-bond acceptors (Lipinski definition) is 6. The van der Waals surface area contributed by atoms with Crippen molar-refractivity contribution in [3.63, 3.8) is 0 Å². The predicted molar refractivity (Wildman–Crippen MR) is 108 cm³/mol. The quantitative estimate of drug-likeness (QED) is 0.437. The number of ether oxygens (including phenoxy) is 1. The minimum Gasteiger partial charge on any atom is -0.449 e. The van der Waals surface area contributed by atoms with E-state index in [9.17, 15) is 19.7 Å². The average molecular weight is 397 g/mol. The number of amides is 1. The second-order valence-corrected chi connectivity index (χ2v) is 6.91. The lowest BCUT2D eigenvalue weighted by atomic mass is 10.1. The van der Waals surface area contributed by atoms with E-state index in [4.69, 9.17) is 4.74 Å². The van der Waals surface area contributed by atoms with Crippen molar-refractivity contribution in [3.05, 3.63) is 69.8 Å². The van der Waals surface area contributed by atoms with E-state index in [-0.39, 0.29) is 17.2 Å². The highest BCUT2D eigenvalue weighted by atomic mass is 16.6. The summed E-state index contributed by atoms with van der Waals surface area (Å²) in [6.07, 6.45) is 0.914. The Kier molecular flexibility index (Phi) is 6.43. The molecule has 1 fully saturated rings. The highest BCUT2D eigenvalue weighted by molar-refractivity contribution is 5.98. The number of non-ortho nitro benzene ring substituents is 1. The first-order valence-electron chi connectivity index (χ1n) is 9.51. The third-order valence-electron chi connectivity index (χ3n) is 4.81. The van der Waals surface area contributed by atoms with E-state index in [1.807, 2.05) is 30.3 Å². The molecule has 1 heterocycles. The standard InChI is InChI=1S/C21H23N3O5/c1-15(20(25)23-11-5-6-12-23)29-21(26)18-13-17(24(27)28)9-10-19(18)22-14-16-7-3-2-4-8-16/h2-4,7-10,13,15,22H,5-6,11-12,14H2,1H3. The van der Waals surface area contributed by atoms with Gasteiger partial charge in [0.2, 0.25) is 0 Å². The second kappa shape index (κ2) is 9.18. The molecule has 0 saturated carbocycles. The van der Waals surface area contributed by atoms with Crippen molar-refractivity contribution in [2.45, 2.75) is 32.4 Å². The normalized spacial score (nSPS) is 14.3. The molecule has 1 aliphatic rings. The van der Waals surface area contributed by atoms with Crippen LogP contribution in [-0.2, 0) is 16.1 Å². The summed E-state index contributed by atoms with van der Waals surface area (Å²) in [6.45, 7) is 3.26. The molecule has 0 aromatic heterocycles. The minimum absolute atomic E-state index is 0.0243. The van der Waals surface area contributed by atoms with Gasteiger partial charge in [-0.05, 0) is 31.4 Å². The van der Waals surface area contributed by atoms with Gasteiger partial charge < -0.3 is 15.0 Å². The van der Waals surface area contributed by atoms with E-state index in [1.165, 1.54) is 25.1 Å². The fourth-order valence-corrected chi connectivity index (χ4v) is 3.23. The molecule has 0 spiro atoms. The molecular weight excluding hydrogens is 374 g/mol. The van der Waals surface area contributed by atoms with E-state index in [0.29, 0.717) is 25.3 Å². The third-order valence-corrected chi connectivity index (χ3v) is 4.81. The van der Waals surface area contributed by atoms with Gasteiger partial charge >= 0.3 is 5.97 Å². The Morgan fingerprint density at radius 1 is 1.17 bits per heavy atom. The van der Waals surface area contributed by atoms with Gasteiger partial charge in [-0.25, -0.2) is 4.79 Å². The van der Waals surface area contributed by atoms with Gasteiger partial charge in [0.15, 0.2) is 6.10 Å². The molecule has 1 aliphatic heterocycles. The highest BCUT2D eigenvalue weighted by Gasteiger charge is 2.27. The van der Waals surface area contributed by atoms with Crippen molar-refractivity contribution in [2.75, 3.05) is 18.4 Å². The molecule has 8 nitrogen and oxygen atoms in total. The molecule has 1 unspecified atom stereocenters. The zero-order valence-corrected chi connectivity index (χ0v) is 16.2. The van der Waals surface area contributed by atoms with Crippen LogP contribution in [0.1, 0.15) is 35.7 Å². The van der Waals surface area contributed by atoms with Crippen molar-refractivity contribution in [2.24, 2.45) is 0 Å². The molecule has 8 heteroatoms. The molecule has 1 N–H and O–H groups in total. The summed E-state index contributed by atoms with van der Waals surface area (Å²) in [6, 6.07) is 13.5. The van der Waals surface area contributed by atoms with Crippen molar-refractivity contribution in [3.8, 4) is 0 Å². The van der Waals surface area contributed by atoms with Gasteiger partial charge in [-0.1, -0.05) is 30.3 Å². The average Bonchev–Trinajstić information content (AvgIpc) is 3.27. The SMILES string of the molecule is CC(OC(=O)c1cc([N+](=O)[O-])ccc1NCc1ccccc1)C(=O)N1CCCC1. The largest absolute Gasteiger partial charge is 0.449 e. The Hall–Kier alpha value is -3.42. The number of esters is 1. The molecule has 1 amide bonds. The maximum Gasteiger partial charge on any atom is 0.341 e. The summed E-state index contributed by atoms with van der Waals surface area (Å²) >= 11 is 0. The maximum atomic E-state index is 12.7. The van der Waals surface area contributed by atoms with Crippen LogP contribution in [0.2, 0.25) is 0 Å². The molecule has 0 bridgehead atoms. The van der Waals surface area contributed by atoms with Gasteiger partial charge in [-0.2, -0.15) is 0 Å². The number of likely N-dealkylation sites (tertiary alicyclic amines) is 1. The van der Waals surface area contributed by atoms with E-state index >= 15 is 0 Å². The van der Waals surface area contributed by atoms with Crippen LogP contribution in [0.25, 0.3) is 0 Å². The molecule has 29 heavy (non-hydrogen) atoms. The number of anilines is 1. The lowest BCUT2D eigenvalue weighted by molar-refractivity contribution is -0.384. The number of nitrogens with zero attached hydrogens (tertiary/aromatic N) is 2. The van der Waals surface area contributed by atoms with Crippen molar-refractivity contribution in [1.82, 2.24) is 4.90 Å². The fourth-order valence-electron chi connectivity index (χ4n) is 3.23. The molecule has 0 aliphatic carbocycles. The topological polar surface area (TPSA) is 102 Å². The smallest absolute Gasteiger partial charge is 0.341 e. The highest BCUT2D eigenvalue weighted by Crippen LogP contribution is 2.24. The second-order valence-electron chi connectivity index (χ2n) is 6.91. The lowest BCUT2D eigenvalue weighted by Gasteiger charge is -2.21. The maximum absolute atomic E-state index is 12.7. The van der Waals surface area contributed by atoms with Crippen LogP contribution in [-0.4, -0.2) is 40.9 Å². The van der Waals surface area contributed by atoms with E-state index < -0.39 is 17.0 Å². The number of benzene rings is 2. The number of nitrogens with one attached hydrogen (secondary N) is 1. The molecule has 1 atom stereocenters. The van der Waals surface area contributed by atoms with Gasteiger partial charge in [-0.3, -0.25) is 14.9 Å². The summed E-state index contributed by atoms with van der Waals surface area (Å²) in [5.74, 6) is -1.02. The number of nitro groups is 1. The first-order valence-corrected chi connectivity index (χ1v) is 9.51. The molecule has 2 aromatic carbocycles. The van der Waals surface area contributed by atoms with Crippen LogP contribution < -0.4 is 5.32 Å². The predicted octanol–water partition coefficient (Wildman–Crippen LogP) is 3.37. The Morgan fingerprint density at radius 3 is 2.52 bits per heavy atom. The number of carbonyl (C=O) groups excluding carboxylic acids is 2.